The van der Waals surface area contributed by atoms with Crippen molar-refractivity contribution < 1.29 is 29.3 Å². The number of halogens is 1. The number of ether oxygens (including phenoxy) is 2. The van der Waals surface area contributed by atoms with Gasteiger partial charge in [0.1, 0.15) is 18.0 Å². The van der Waals surface area contributed by atoms with Gasteiger partial charge in [-0.2, -0.15) is 0 Å². The van der Waals surface area contributed by atoms with E-state index in [-0.39, 0.29) is 44.5 Å². The fourth-order valence-electron chi connectivity index (χ4n) is 3.41. The lowest BCUT2D eigenvalue weighted by Crippen LogP contribution is -2.55. The monoisotopic (exact) mass is 558 g/mol. The molecule has 2 rings (SSSR count). The topological polar surface area (TPSA) is 108 Å². The first-order valence-corrected chi connectivity index (χ1v) is 11.7. The summed E-state index contributed by atoms with van der Waals surface area (Å²) in [5.41, 5.74) is 0.388. The molecular weight excluding hydrogens is 527 g/mol. The van der Waals surface area contributed by atoms with Gasteiger partial charge in [0.15, 0.2) is 0 Å². The van der Waals surface area contributed by atoms with E-state index in [4.69, 9.17) is 14.6 Å². The van der Waals surface area contributed by atoms with E-state index in [1.54, 1.807) is 25.3 Å². The molecule has 0 aliphatic heterocycles. The average Bonchev–Trinajstić information content (AvgIpc) is 2.79. The van der Waals surface area contributed by atoms with Crippen LogP contribution >= 0.6 is 22.6 Å². The first-order chi connectivity index (χ1) is 15.4. The lowest BCUT2D eigenvalue weighted by atomic mass is 9.88. The number of nitrogens with zero attached hydrogens (tertiary/aromatic N) is 1. The van der Waals surface area contributed by atoms with Crippen molar-refractivity contribution in [2.75, 3.05) is 33.4 Å². The molecule has 0 heterocycles. The maximum Gasteiger partial charge on any atom is 0.247 e. The second kappa shape index (κ2) is 13.6. The van der Waals surface area contributed by atoms with Gasteiger partial charge < -0.3 is 29.9 Å². The van der Waals surface area contributed by atoms with Crippen molar-refractivity contribution in [1.82, 2.24) is 10.2 Å². The highest BCUT2D eigenvalue weighted by atomic mass is 127. The molecule has 32 heavy (non-hydrogen) atoms. The number of rotatable bonds is 11. The van der Waals surface area contributed by atoms with Gasteiger partial charge in [0.25, 0.3) is 0 Å². The lowest BCUT2D eigenvalue weighted by molar-refractivity contribution is -0.134. The van der Waals surface area contributed by atoms with Crippen molar-refractivity contribution in [2.24, 2.45) is 0 Å². The normalized spacial score (nSPS) is 20.7. The minimum Gasteiger partial charge on any atom is -0.482 e. The molecule has 1 aromatic carbocycles. The van der Waals surface area contributed by atoms with Crippen molar-refractivity contribution in [2.45, 2.75) is 38.0 Å². The number of hydrogen-bond donors (Lipinski definition) is 3. The largest absolute Gasteiger partial charge is 0.482 e. The van der Waals surface area contributed by atoms with E-state index in [1.165, 1.54) is 11.0 Å². The summed E-state index contributed by atoms with van der Waals surface area (Å²) in [6, 6.07) is 6.68. The van der Waals surface area contributed by atoms with Crippen molar-refractivity contribution in [3.05, 3.63) is 51.6 Å². The Balaban J connectivity index is 2.39. The number of aliphatic hydroxyl groups excluding tert-OH is 2. The first kappa shape index (κ1) is 26.3. The van der Waals surface area contributed by atoms with Crippen LogP contribution in [0.2, 0.25) is 0 Å². The zero-order chi connectivity index (χ0) is 23.5. The molecule has 176 valence electrons. The summed E-state index contributed by atoms with van der Waals surface area (Å²) in [6.07, 6.45) is 3.77. The van der Waals surface area contributed by atoms with Gasteiger partial charge in [0.05, 0.1) is 22.8 Å². The molecule has 1 aliphatic rings. The molecule has 0 spiro atoms. The lowest BCUT2D eigenvalue weighted by Gasteiger charge is -2.40. The molecule has 9 heteroatoms. The number of aliphatic hydroxyl groups is 2. The third-order valence-corrected chi connectivity index (χ3v) is 5.92. The number of nitrogens with one attached hydrogen (secondary N) is 1. The second-order valence-electron chi connectivity index (χ2n) is 7.28. The van der Waals surface area contributed by atoms with Crippen molar-refractivity contribution in [3.63, 3.8) is 0 Å². The summed E-state index contributed by atoms with van der Waals surface area (Å²) in [5, 5.41) is 22.9. The number of allylic oxidation sites excluding steroid dienone is 1. The maximum absolute atomic E-state index is 12.9. The molecule has 3 unspecified atom stereocenters. The predicted octanol–water partition coefficient (Wildman–Crippen LogP) is 1.65. The van der Waals surface area contributed by atoms with E-state index in [1.807, 2.05) is 25.1 Å². The first-order valence-electron chi connectivity index (χ1n) is 10.6. The second-order valence-corrected chi connectivity index (χ2v) is 8.44. The fraction of sp³-hybridized carbons (Fsp3) is 0.478. The Bertz CT molecular complexity index is 828. The molecule has 3 N–H and O–H groups in total. The molecule has 2 amide bonds. The van der Waals surface area contributed by atoms with Crippen LogP contribution in [0, 0.1) is 3.57 Å². The highest BCUT2D eigenvalue weighted by molar-refractivity contribution is 14.1. The summed E-state index contributed by atoms with van der Waals surface area (Å²) < 4.78 is 12.1. The third kappa shape index (κ3) is 7.29. The fourth-order valence-corrected chi connectivity index (χ4v) is 3.92. The van der Waals surface area contributed by atoms with Crippen molar-refractivity contribution >= 4 is 34.4 Å². The highest BCUT2D eigenvalue weighted by Gasteiger charge is 2.40. The van der Waals surface area contributed by atoms with Crippen LogP contribution in [0.4, 0.5) is 0 Å². The molecule has 3 atom stereocenters. The summed E-state index contributed by atoms with van der Waals surface area (Å²) in [7, 11) is 1.54. The molecule has 0 bridgehead atoms. The Morgan fingerprint density at radius 1 is 1.34 bits per heavy atom. The zero-order valence-corrected chi connectivity index (χ0v) is 20.5. The van der Waals surface area contributed by atoms with Gasteiger partial charge in [-0.25, -0.2) is 0 Å². The van der Waals surface area contributed by atoms with Crippen LogP contribution in [0.5, 0.6) is 5.75 Å². The van der Waals surface area contributed by atoms with Crippen LogP contribution in [0.3, 0.4) is 0 Å². The quantitative estimate of drug-likeness (QED) is 0.282. The molecule has 0 fully saturated rings. The number of para-hydroxylation sites is 1. The van der Waals surface area contributed by atoms with Crippen LogP contribution in [0.15, 0.2) is 48.1 Å². The Kier molecular flexibility index (Phi) is 11.1. The van der Waals surface area contributed by atoms with Gasteiger partial charge in [-0.1, -0.05) is 25.1 Å². The van der Waals surface area contributed by atoms with Gasteiger partial charge in [-0.05, 0) is 53.3 Å². The van der Waals surface area contributed by atoms with E-state index in [2.05, 4.69) is 27.9 Å². The third-order valence-electron chi connectivity index (χ3n) is 5.03. The Morgan fingerprint density at radius 2 is 2.09 bits per heavy atom. The number of hydrogen-bond acceptors (Lipinski definition) is 6. The van der Waals surface area contributed by atoms with Crippen molar-refractivity contribution in [1.29, 1.82) is 0 Å². The molecule has 1 aliphatic carbocycles. The van der Waals surface area contributed by atoms with Gasteiger partial charge >= 0.3 is 0 Å². The van der Waals surface area contributed by atoms with Crippen LogP contribution in [-0.4, -0.2) is 78.6 Å². The van der Waals surface area contributed by atoms with E-state index < -0.39 is 18.2 Å². The van der Waals surface area contributed by atoms with Crippen LogP contribution in [-0.2, 0) is 14.3 Å². The highest BCUT2D eigenvalue weighted by Crippen LogP contribution is 2.29. The van der Waals surface area contributed by atoms with Crippen LogP contribution in [0.25, 0.3) is 0 Å². The minimum absolute atomic E-state index is 0.108. The Labute approximate surface area is 202 Å². The predicted molar refractivity (Wildman–Crippen MR) is 129 cm³/mol. The van der Waals surface area contributed by atoms with Gasteiger partial charge in [0.2, 0.25) is 11.8 Å². The minimum atomic E-state index is -1.06. The van der Waals surface area contributed by atoms with Crippen LogP contribution < -0.4 is 10.1 Å². The molecule has 1 aromatic rings. The number of carbonyl (C=O) groups is 2. The van der Waals surface area contributed by atoms with Gasteiger partial charge in [-0.3, -0.25) is 9.59 Å². The molecule has 0 aromatic heterocycles. The smallest absolute Gasteiger partial charge is 0.247 e. The average molecular weight is 558 g/mol. The number of carbonyl (C=O) groups excluding carboxylic acids is 2. The molecular formula is C23H31IN2O6. The van der Waals surface area contributed by atoms with E-state index in [9.17, 15) is 14.7 Å². The van der Waals surface area contributed by atoms with E-state index in [0.29, 0.717) is 17.7 Å². The maximum atomic E-state index is 12.9. The Morgan fingerprint density at radius 3 is 2.75 bits per heavy atom. The number of amides is 2. The number of methoxy groups -OCH3 is 1. The molecule has 8 nitrogen and oxygen atoms in total. The standard InChI is InChI=1S/C23H31IN2O6/c1-3-4-9-21(28)26(11-13-31-2)18-14-16(23(30)25-10-12-27)15-20(22(18)29)32-19-8-6-5-7-17(19)24/h4-9,15,18,20,22,27,29H,3,10-14H2,1-2H3,(H,25,30). The summed E-state index contributed by atoms with van der Waals surface area (Å²) in [4.78, 5) is 27.1. The molecule has 0 radical (unpaired) electrons. The van der Waals surface area contributed by atoms with Crippen LogP contribution in [0.1, 0.15) is 19.8 Å². The SMILES string of the molecule is CCC=CC(=O)N(CCOC)C1CC(C(=O)NCCO)=CC(Oc2ccccc2I)C1O. The number of benzene rings is 1. The molecule has 0 saturated carbocycles. The van der Waals surface area contributed by atoms with Crippen molar-refractivity contribution in [3.8, 4) is 5.75 Å². The van der Waals surface area contributed by atoms with E-state index >= 15 is 0 Å². The Hall–Kier alpha value is -1.95. The summed E-state index contributed by atoms with van der Waals surface area (Å²) in [6.45, 7) is 2.39. The molecule has 0 saturated heterocycles. The summed E-state index contributed by atoms with van der Waals surface area (Å²) in [5.74, 6) is -0.0571. The van der Waals surface area contributed by atoms with Gasteiger partial charge in [0, 0.05) is 32.2 Å². The summed E-state index contributed by atoms with van der Waals surface area (Å²) >= 11 is 2.14. The zero-order valence-electron chi connectivity index (χ0n) is 18.4. The van der Waals surface area contributed by atoms with E-state index in [0.717, 1.165) is 3.57 Å². The van der Waals surface area contributed by atoms with Gasteiger partial charge in [-0.15, -0.1) is 0 Å².